The molecule has 0 aromatic heterocycles. The zero-order chi connectivity index (χ0) is 9.00. The van der Waals surface area contributed by atoms with E-state index in [4.69, 9.17) is 5.21 Å². The maximum Gasteiger partial charge on any atom is 0.0356 e. The van der Waals surface area contributed by atoms with Crippen LogP contribution in [0.1, 0.15) is 20.8 Å². The zero-order valence-corrected chi connectivity index (χ0v) is 11.0. The van der Waals surface area contributed by atoms with Crippen LogP contribution in [0.25, 0.3) is 0 Å². The number of nitrogens with two attached hydrogens (primary N) is 1. The van der Waals surface area contributed by atoms with Gasteiger partial charge in [-0.1, -0.05) is 33.9 Å². The van der Waals surface area contributed by atoms with Crippen LogP contribution >= 0.6 is 0 Å². The summed E-state index contributed by atoms with van der Waals surface area (Å²) in [5.74, 6) is 3.50. The molecule has 3 N–H and O–H groups in total. The van der Waals surface area contributed by atoms with Crippen LogP contribution in [0.15, 0.2) is 0 Å². The van der Waals surface area contributed by atoms with Crippen LogP contribution in [-0.4, -0.2) is 22.6 Å². The lowest BCUT2D eigenvalue weighted by atomic mass is 10.2. The van der Waals surface area contributed by atoms with Crippen LogP contribution in [0, 0.1) is 0 Å². The molecule has 0 saturated carbocycles. The second-order valence-corrected chi connectivity index (χ2v) is 18.0. The van der Waals surface area contributed by atoms with E-state index < -0.39 is 7.59 Å². The molecule has 64 valence electrons. The number of rotatable bonds is 0. The first-order chi connectivity index (χ1) is 4.25. The molecule has 0 unspecified atom stereocenters. The topological polar surface area (TPSA) is 46.2 Å². The van der Waals surface area contributed by atoms with Gasteiger partial charge in [-0.3, -0.25) is 0 Å². The molecule has 0 bridgehead atoms. The van der Waals surface area contributed by atoms with Crippen molar-refractivity contribution < 1.29 is 5.21 Å². The molecule has 2 nitrogen and oxygen atoms in total. The van der Waals surface area contributed by atoms with Gasteiger partial charge in [0.15, 0.2) is 0 Å². The first kappa shape index (κ1) is 13.0. The molecule has 0 heterocycles. The van der Waals surface area contributed by atoms with Crippen LogP contribution in [0.4, 0.5) is 0 Å². The molecule has 0 radical (unpaired) electrons. The molecule has 4 heteroatoms. The van der Waals surface area contributed by atoms with Gasteiger partial charge < -0.3 is 5.21 Å². The Morgan fingerprint density at radius 2 is 1.30 bits per heavy atom. The van der Waals surface area contributed by atoms with E-state index in [0.717, 1.165) is 0 Å². The summed E-state index contributed by atoms with van der Waals surface area (Å²) in [6.45, 7) is 12.0. The van der Waals surface area contributed by atoms with E-state index in [-0.39, 0.29) is 0 Å². The van der Waals surface area contributed by atoms with Crippen molar-refractivity contribution in [2.24, 2.45) is 5.90 Å². The Hall–Kier alpha value is 0.354. The van der Waals surface area contributed by atoms with Crippen molar-refractivity contribution in [2.45, 2.75) is 38.9 Å². The molecule has 0 aromatic rings. The maximum atomic E-state index is 6.50. The summed E-state index contributed by atoms with van der Waals surface area (Å²) in [5.41, 5.74) is 0. The summed E-state index contributed by atoms with van der Waals surface area (Å²) in [6.07, 6.45) is 0. The number of hydrogen-bond donors (Lipinski definition) is 2. The van der Waals surface area contributed by atoms with Crippen molar-refractivity contribution in [1.29, 1.82) is 0 Å². The lowest BCUT2D eigenvalue weighted by Crippen LogP contribution is -2.37. The molecule has 0 saturated heterocycles. The van der Waals surface area contributed by atoms with Gasteiger partial charge in [0, 0.05) is 7.59 Å². The van der Waals surface area contributed by atoms with Crippen LogP contribution in [0.2, 0.25) is 18.1 Å². The molecule has 0 fully saturated rings. The Kier molecular flexibility index (Phi) is 5.55. The SMILES string of the molecule is CC(C)(C)[Si](C)(C)[SiH3].NO. The van der Waals surface area contributed by atoms with Crippen molar-refractivity contribution in [1.82, 2.24) is 0 Å². The first-order valence-corrected chi connectivity index (χ1v) is 10.0. The molecule has 0 amide bonds. The fourth-order valence-electron chi connectivity index (χ4n) is 0. The van der Waals surface area contributed by atoms with E-state index in [2.05, 4.69) is 39.8 Å². The predicted molar refractivity (Wildman–Crippen MR) is 53.1 cm³/mol. The van der Waals surface area contributed by atoms with Gasteiger partial charge >= 0.3 is 0 Å². The van der Waals surface area contributed by atoms with Gasteiger partial charge in [0.1, 0.15) is 0 Å². The van der Waals surface area contributed by atoms with Crippen molar-refractivity contribution >= 4 is 17.4 Å². The highest BCUT2D eigenvalue weighted by Gasteiger charge is 2.28. The van der Waals surface area contributed by atoms with Gasteiger partial charge in [-0.2, -0.15) is 0 Å². The van der Waals surface area contributed by atoms with Crippen molar-refractivity contribution in [3.8, 4) is 0 Å². The van der Waals surface area contributed by atoms with E-state index in [0.29, 0.717) is 5.04 Å². The largest absolute Gasteiger partial charge is 0.320 e. The first-order valence-electron chi connectivity index (χ1n) is 3.51. The molecule has 0 atom stereocenters. The Morgan fingerprint density at radius 3 is 1.30 bits per heavy atom. The summed E-state index contributed by atoms with van der Waals surface area (Å²) in [4.78, 5) is 0. The average molecular weight is 179 g/mol. The van der Waals surface area contributed by atoms with Crippen molar-refractivity contribution in [2.75, 3.05) is 0 Å². The van der Waals surface area contributed by atoms with Gasteiger partial charge in [0.2, 0.25) is 0 Å². The number of hydrogen-bond acceptors (Lipinski definition) is 2. The second kappa shape index (κ2) is 4.28. The Labute approximate surface area is 68.0 Å². The summed E-state index contributed by atoms with van der Waals surface area (Å²) in [7, 11) is 0.706. The molecule has 0 aromatic carbocycles. The zero-order valence-electron chi connectivity index (χ0n) is 8.02. The second-order valence-electron chi connectivity index (χ2n) is 4.50. The molecule has 0 aliphatic carbocycles. The van der Waals surface area contributed by atoms with Gasteiger partial charge in [-0.15, -0.1) is 0 Å². The Balaban J connectivity index is 0. The minimum Gasteiger partial charge on any atom is -0.320 e. The minimum absolute atomic E-state index is 0.638. The van der Waals surface area contributed by atoms with E-state index in [9.17, 15) is 0 Å². The lowest BCUT2D eigenvalue weighted by molar-refractivity contribution is 0.311. The van der Waals surface area contributed by atoms with E-state index in [1.807, 2.05) is 0 Å². The third-order valence-corrected chi connectivity index (χ3v) is 11.2. The quantitative estimate of drug-likeness (QED) is 0.425. The fraction of sp³-hybridized carbons (Fsp3) is 1.00. The van der Waals surface area contributed by atoms with Gasteiger partial charge in [0.05, 0.1) is 0 Å². The van der Waals surface area contributed by atoms with Crippen LogP contribution in [0.5, 0.6) is 0 Å². The molecule has 0 rings (SSSR count). The van der Waals surface area contributed by atoms with E-state index in [1.165, 1.54) is 9.76 Å². The van der Waals surface area contributed by atoms with Crippen molar-refractivity contribution in [3.05, 3.63) is 0 Å². The highest BCUT2D eigenvalue weighted by atomic mass is 29.2. The van der Waals surface area contributed by atoms with Gasteiger partial charge in [-0.05, 0) is 14.8 Å². The molecule has 10 heavy (non-hydrogen) atoms. The molecule has 0 spiro atoms. The van der Waals surface area contributed by atoms with Crippen LogP contribution < -0.4 is 5.90 Å². The Morgan fingerprint density at radius 1 is 1.20 bits per heavy atom. The fourth-order valence-corrected chi connectivity index (χ4v) is 0. The predicted octanol–water partition coefficient (Wildman–Crippen LogP) is 0.691. The standard InChI is InChI=1S/C6H18Si2.H3NO/c1-6(2,3)8(4,5)7;1-2/h1-5,7H3;2H,1H2. The third kappa shape index (κ3) is 5.16. The molecule has 0 aliphatic heterocycles. The highest BCUT2D eigenvalue weighted by molar-refractivity contribution is 7.17. The summed E-state index contributed by atoms with van der Waals surface area (Å²) in [6, 6.07) is 0. The smallest absolute Gasteiger partial charge is 0.0356 e. The van der Waals surface area contributed by atoms with E-state index >= 15 is 0 Å². The average Bonchev–Trinajstić information content (AvgIpc) is 1.66. The normalized spacial score (nSPS) is 12.3. The maximum absolute atomic E-state index is 6.50. The molecule has 0 aliphatic rings. The summed E-state index contributed by atoms with van der Waals surface area (Å²) < 4.78 is 0. The Bertz CT molecular complexity index is 70.7. The van der Waals surface area contributed by atoms with Crippen molar-refractivity contribution in [3.63, 3.8) is 0 Å². The van der Waals surface area contributed by atoms with Gasteiger partial charge in [-0.25, -0.2) is 5.90 Å². The van der Waals surface area contributed by atoms with Gasteiger partial charge in [0.25, 0.3) is 0 Å². The van der Waals surface area contributed by atoms with E-state index in [1.54, 1.807) is 0 Å². The highest BCUT2D eigenvalue weighted by Crippen LogP contribution is 2.32. The van der Waals surface area contributed by atoms with Crippen LogP contribution in [0.3, 0.4) is 0 Å². The lowest BCUT2D eigenvalue weighted by Gasteiger charge is -2.33. The molecular weight excluding hydrogens is 158 g/mol. The summed E-state index contributed by atoms with van der Waals surface area (Å²) in [5, 5.41) is 7.14. The molecular formula is C6H21NOSi2. The summed E-state index contributed by atoms with van der Waals surface area (Å²) >= 11 is 0. The third-order valence-electron chi connectivity index (χ3n) is 2.25. The van der Waals surface area contributed by atoms with Crippen LogP contribution in [-0.2, 0) is 0 Å². The monoisotopic (exact) mass is 179 g/mol. The minimum atomic E-state index is -0.720.